The highest BCUT2D eigenvalue weighted by molar-refractivity contribution is 8.03. The Morgan fingerprint density at radius 2 is 2.12 bits per heavy atom. The minimum absolute atomic E-state index is 0.00822. The van der Waals surface area contributed by atoms with Gasteiger partial charge in [-0.2, -0.15) is 0 Å². The lowest BCUT2D eigenvalue weighted by Crippen LogP contribution is -1.98. The van der Waals surface area contributed by atoms with Gasteiger partial charge in [0.15, 0.2) is 5.58 Å². The zero-order chi connectivity index (χ0) is 17.1. The molecule has 2 aromatic carbocycles. The first-order valence-corrected chi connectivity index (χ1v) is 7.72. The monoisotopic (exact) mass is 342 g/mol. The second kappa shape index (κ2) is 6.67. The fourth-order valence-electron chi connectivity index (χ4n) is 2.06. The number of carbonyl (C=O) groups is 1. The van der Waals surface area contributed by atoms with Crippen LogP contribution in [0, 0.1) is 0 Å². The van der Waals surface area contributed by atoms with Crippen LogP contribution in [0.1, 0.15) is 5.56 Å². The molecule has 0 aliphatic carbocycles. The standard InChI is InChI=1S/C17H13NO5S/c1-22-14-7-6-10(8-12(14)19)9-15(16(20)21)24-17-18-11-4-2-3-5-13(11)23-17/h2-9,19H,1H3,(H,20,21)/p-1/b15-9-. The summed E-state index contributed by atoms with van der Waals surface area (Å²) in [5.41, 5.74) is 1.69. The van der Waals surface area contributed by atoms with E-state index in [1.807, 2.05) is 12.1 Å². The number of aliphatic carboxylic acids is 1. The molecule has 3 aromatic rings. The Kier molecular flexibility index (Phi) is 4.43. The molecule has 0 unspecified atom stereocenters. The number of methoxy groups -OCH3 is 1. The lowest BCUT2D eigenvalue weighted by molar-refractivity contribution is -0.270. The van der Waals surface area contributed by atoms with Gasteiger partial charge in [-0.25, -0.2) is 9.78 Å². The Morgan fingerprint density at radius 3 is 2.79 bits per heavy atom. The number of ether oxygens (including phenoxy) is 1. The molecule has 0 bridgehead atoms. The van der Waals surface area contributed by atoms with Crippen LogP contribution in [-0.4, -0.2) is 23.2 Å². The molecular weight excluding hydrogens is 330 g/mol. The van der Waals surface area contributed by atoms with Crippen molar-refractivity contribution in [1.29, 1.82) is 0 Å². The maximum Gasteiger partial charge on any atom is 0.342 e. The maximum absolute atomic E-state index is 11.8. The smallest absolute Gasteiger partial charge is 0.342 e. The fraction of sp³-hybridized carbons (Fsp3) is 0.0588. The third kappa shape index (κ3) is 3.36. The Balaban J connectivity index is 1.91. The van der Waals surface area contributed by atoms with Crippen molar-refractivity contribution < 1.29 is 24.2 Å². The molecule has 0 radical (unpaired) electrons. The number of carboxylic acids is 1. The van der Waals surface area contributed by atoms with Gasteiger partial charge in [-0.1, -0.05) is 30.0 Å². The molecule has 6 nitrogen and oxygen atoms in total. The number of benzene rings is 2. The molecule has 0 amide bonds. The number of para-hydroxylation sites is 2. The average molecular weight is 342 g/mol. The second-order valence-corrected chi connectivity index (χ2v) is 5.77. The number of fused-ring (bicyclic) bond motifs is 1. The van der Waals surface area contributed by atoms with E-state index >= 15 is 0 Å². The molecule has 1 N–H and O–H groups in total. The van der Waals surface area contributed by atoms with Crippen LogP contribution in [0.2, 0.25) is 0 Å². The average Bonchev–Trinajstić information content (AvgIpc) is 2.96. The van der Waals surface area contributed by atoms with Gasteiger partial charge in [-0.3, -0.25) is 0 Å². The summed E-state index contributed by atoms with van der Waals surface area (Å²) in [6, 6.07) is 11.6. The largest absolute Gasteiger partial charge is 0.870 e. The minimum Gasteiger partial charge on any atom is -0.870 e. The Bertz CT molecular complexity index is 899. The van der Waals surface area contributed by atoms with Crippen LogP contribution in [0.25, 0.3) is 17.2 Å². The molecule has 3 rings (SSSR count). The molecule has 1 heterocycles. The Labute approximate surface area is 141 Å². The molecule has 7 heteroatoms. The maximum atomic E-state index is 11.8. The van der Waals surface area contributed by atoms with Crippen molar-refractivity contribution in [2.24, 2.45) is 0 Å². The van der Waals surface area contributed by atoms with E-state index in [1.165, 1.54) is 25.3 Å². The van der Waals surface area contributed by atoms with E-state index in [-0.39, 0.29) is 21.6 Å². The lowest BCUT2D eigenvalue weighted by Gasteiger charge is -2.12. The number of hydrogen-bond donors (Lipinski definition) is 1. The summed E-state index contributed by atoms with van der Waals surface area (Å²) in [7, 11) is 1.40. The van der Waals surface area contributed by atoms with Gasteiger partial charge in [0.2, 0.25) is 0 Å². The van der Waals surface area contributed by atoms with E-state index in [0.29, 0.717) is 16.7 Å². The molecule has 0 spiro atoms. The zero-order valence-corrected chi connectivity index (χ0v) is 13.4. The van der Waals surface area contributed by atoms with Crippen LogP contribution in [0.5, 0.6) is 11.5 Å². The van der Waals surface area contributed by atoms with Crippen molar-refractivity contribution in [1.82, 2.24) is 4.98 Å². The highest BCUT2D eigenvalue weighted by atomic mass is 32.2. The van der Waals surface area contributed by atoms with Crippen LogP contribution >= 0.6 is 11.8 Å². The summed E-state index contributed by atoms with van der Waals surface area (Å²) in [4.78, 5) is 15.7. The van der Waals surface area contributed by atoms with Gasteiger partial charge in [0.05, 0.1) is 7.11 Å². The predicted octanol–water partition coefficient (Wildman–Crippen LogP) is 3.13. The van der Waals surface area contributed by atoms with Crippen molar-refractivity contribution in [2.45, 2.75) is 5.22 Å². The van der Waals surface area contributed by atoms with Crippen molar-refractivity contribution >= 4 is 34.9 Å². The van der Waals surface area contributed by atoms with E-state index in [0.717, 1.165) is 11.8 Å². The Hall–Kier alpha value is -2.93. The Morgan fingerprint density at radius 1 is 1.33 bits per heavy atom. The number of carboxylic acid groups (broad SMARTS) is 1. The normalized spacial score (nSPS) is 11.6. The molecule has 0 saturated heterocycles. The van der Waals surface area contributed by atoms with E-state index < -0.39 is 5.97 Å². The van der Waals surface area contributed by atoms with Gasteiger partial charge in [0.1, 0.15) is 16.2 Å². The number of hydrogen-bond acceptors (Lipinski definition) is 6. The zero-order valence-electron chi connectivity index (χ0n) is 12.6. The topological polar surface area (TPSA) is 95.6 Å². The van der Waals surface area contributed by atoms with Crippen molar-refractivity contribution in [3.63, 3.8) is 0 Å². The first-order chi connectivity index (χ1) is 11.6. The van der Waals surface area contributed by atoms with Gasteiger partial charge in [-0.15, -0.1) is 0 Å². The molecular formula is C17H12NO5S-. The summed E-state index contributed by atoms with van der Waals surface area (Å²) in [5, 5.41) is 21.4. The number of nitrogens with zero attached hydrogens (tertiary/aromatic N) is 1. The van der Waals surface area contributed by atoms with Crippen LogP contribution in [-0.2, 0) is 4.79 Å². The predicted molar refractivity (Wildman–Crippen MR) is 87.9 cm³/mol. The summed E-state index contributed by atoms with van der Waals surface area (Å²) in [5.74, 6) is -1.25. The van der Waals surface area contributed by atoms with Gasteiger partial charge in [0, 0.05) is 0 Å². The fourth-order valence-corrected chi connectivity index (χ4v) is 2.80. The summed E-state index contributed by atoms with van der Waals surface area (Å²) < 4.78 is 10.4. The van der Waals surface area contributed by atoms with Gasteiger partial charge in [0.25, 0.3) is 5.22 Å². The van der Waals surface area contributed by atoms with Crippen molar-refractivity contribution in [3.05, 3.63) is 52.9 Å². The molecule has 0 aliphatic rings. The van der Waals surface area contributed by atoms with E-state index in [9.17, 15) is 15.0 Å². The highest BCUT2D eigenvalue weighted by Gasteiger charge is 2.14. The van der Waals surface area contributed by atoms with E-state index in [2.05, 4.69) is 4.98 Å². The first-order valence-electron chi connectivity index (χ1n) is 6.90. The molecule has 1 aromatic heterocycles. The van der Waals surface area contributed by atoms with Crippen LogP contribution in [0.15, 0.2) is 57.0 Å². The molecule has 0 saturated carbocycles. The van der Waals surface area contributed by atoms with Crippen molar-refractivity contribution in [3.8, 4) is 11.5 Å². The SMILES string of the molecule is COc1ccc(/C=C(\Sc2nc3ccccc3o2)C(=O)O)cc1[O-]. The molecule has 24 heavy (non-hydrogen) atoms. The summed E-state index contributed by atoms with van der Waals surface area (Å²) in [6.07, 6.45) is 1.39. The second-order valence-electron chi connectivity index (χ2n) is 4.77. The lowest BCUT2D eigenvalue weighted by atomic mass is 10.2. The van der Waals surface area contributed by atoms with Gasteiger partial charge < -0.3 is 19.4 Å². The van der Waals surface area contributed by atoms with Crippen LogP contribution < -0.4 is 9.84 Å². The van der Waals surface area contributed by atoms with E-state index in [4.69, 9.17) is 9.15 Å². The van der Waals surface area contributed by atoms with Gasteiger partial charge in [-0.05, 0) is 41.6 Å². The highest BCUT2D eigenvalue weighted by Crippen LogP contribution is 2.32. The van der Waals surface area contributed by atoms with Crippen LogP contribution in [0.3, 0.4) is 0 Å². The number of rotatable bonds is 5. The van der Waals surface area contributed by atoms with E-state index in [1.54, 1.807) is 18.2 Å². The third-order valence-corrected chi connectivity index (χ3v) is 4.03. The number of oxazole rings is 1. The molecule has 0 atom stereocenters. The quantitative estimate of drug-likeness (QED) is 0.562. The minimum atomic E-state index is -1.13. The third-order valence-electron chi connectivity index (χ3n) is 3.17. The number of thioether (sulfide) groups is 1. The van der Waals surface area contributed by atoms with Gasteiger partial charge >= 0.3 is 5.97 Å². The molecule has 0 fully saturated rings. The van der Waals surface area contributed by atoms with Crippen molar-refractivity contribution in [2.75, 3.05) is 7.11 Å². The summed E-state index contributed by atoms with van der Waals surface area (Å²) in [6.45, 7) is 0. The van der Waals surface area contributed by atoms with Crippen LogP contribution in [0.4, 0.5) is 0 Å². The first kappa shape index (κ1) is 15.9. The molecule has 122 valence electrons. The summed E-state index contributed by atoms with van der Waals surface area (Å²) >= 11 is 0.884. The molecule has 0 aliphatic heterocycles. The number of aromatic nitrogens is 1.